The molecule has 0 bridgehead atoms. The lowest BCUT2D eigenvalue weighted by molar-refractivity contribution is 0.781. The zero-order valence-electron chi connectivity index (χ0n) is 34.3. The van der Waals surface area contributed by atoms with Crippen molar-refractivity contribution in [3.05, 3.63) is 263 Å². The van der Waals surface area contributed by atoms with E-state index in [1.54, 1.807) is 0 Å². The summed E-state index contributed by atoms with van der Waals surface area (Å²) in [6.45, 7) is 0. The molecule has 1 spiro atoms. The lowest BCUT2D eigenvalue weighted by atomic mass is 9.70. The highest BCUT2D eigenvalue weighted by atomic mass is 15.0. The highest BCUT2D eigenvalue weighted by Crippen LogP contribution is 2.63. The molecule has 1 N–H and O–H groups in total. The Morgan fingerprint density at radius 3 is 1.57 bits per heavy atom. The Kier molecular flexibility index (Phi) is 7.88. The lowest BCUT2D eigenvalue weighted by Gasteiger charge is -2.30. The maximum Gasteiger partial charge on any atom is 0.134 e. The second-order valence-corrected chi connectivity index (χ2v) is 16.9. The molecule has 3 aliphatic rings. The molecule has 2 heterocycles. The summed E-state index contributed by atoms with van der Waals surface area (Å²) < 4.78 is 0. The van der Waals surface area contributed by atoms with Crippen molar-refractivity contribution in [1.29, 1.82) is 0 Å². The van der Waals surface area contributed by atoms with E-state index >= 15 is 0 Å². The normalized spacial score (nSPS) is 15.3. The summed E-state index contributed by atoms with van der Waals surface area (Å²) in [6, 6.07) is 79.2. The van der Waals surface area contributed by atoms with Gasteiger partial charge in [0.15, 0.2) is 0 Å². The number of amidine groups is 1. The van der Waals surface area contributed by atoms with Crippen LogP contribution in [0.3, 0.4) is 0 Å². The van der Waals surface area contributed by atoms with Gasteiger partial charge in [0.25, 0.3) is 0 Å². The first-order chi connectivity index (χ1) is 31.2. The number of pyridine rings is 1. The Morgan fingerprint density at radius 1 is 0.381 bits per heavy atom. The Morgan fingerprint density at radius 2 is 0.905 bits per heavy atom. The number of aliphatic imine (C=N–C) groups is 1. The lowest BCUT2D eigenvalue weighted by Crippen LogP contribution is -2.31. The number of hydrogen-bond acceptors (Lipinski definition) is 3. The van der Waals surface area contributed by atoms with Gasteiger partial charge in [0.05, 0.1) is 28.4 Å². The molecule has 63 heavy (non-hydrogen) atoms. The zero-order valence-corrected chi connectivity index (χ0v) is 34.3. The van der Waals surface area contributed by atoms with Gasteiger partial charge in [0.1, 0.15) is 5.84 Å². The Hall–Kier alpha value is -8.14. The number of benzene rings is 9. The van der Waals surface area contributed by atoms with Crippen LogP contribution in [0.5, 0.6) is 0 Å². The summed E-state index contributed by atoms with van der Waals surface area (Å²) in [6.07, 6.45) is 2.25. The predicted molar refractivity (Wildman–Crippen MR) is 260 cm³/mol. The highest BCUT2D eigenvalue weighted by Gasteiger charge is 2.51. The number of aromatic nitrogens is 1. The third-order valence-corrected chi connectivity index (χ3v) is 13.5. The average molecular weight is 802 g/mol. The summed E-state index contributed by atoms with van der Waals surface area (Å²) >= 11 is 0. The molecular weight excluding hydrogens is 763 g/mol. The summed E-state index contributed by atoms with van der Waals surface area (Å²) in [5.74, 6) is 0.857. The van der Waals surface area contributed by atoms with Gasteiger partial charge in [0, 0.05) is 21.9 Å². The standard InChI is InChI=1S/C60H39N3/c1-3-15-38(16-4-1)39-27-29-40(30-28-39)56-37-57(63-59(62-56)43-17-5-2-6-18-43)41-31-33-42(34-32-41)58-50-35-49-46-21-9-13-25-53(46)60(54(49)36-48(50)47-22-10-14-26-55(47)61-58)51-23-11-7-19-44(51)45-20-8-12-24-52(45)60/h1-37,56H,(H,62,63). The molecule has 0 saturated heterocycles. The smallest absolute Gasteiger partial charge is 0.134 e. The fourth-order valence-corrected chi connectivity index (χ4v) is 10.7. The van der Waals surface area contributed by atoms with E-state index in [0.29, 0.717) is 0 Å². The van der Waals surface area contributed by atoms with E-state index in [1.807, 2.05) is 6.07 Å². The molecule has 10 aromatic rings. The molecule has 3 nitrogen and oxygen atoms in total. The van der Waals surface area contributed by atoms with E-state index < -0.39 is 5.41 Å². The van der Waals surface area contributed by atoms with Gasteiger partial charge < -0.3 is 5.32 Å². The minimum absolute atomic E-state index is 0.0598. The van der Waals surface area contributed by atoms with Crippen molar-refractivity contribution in [1.82, 2.24) is 10.3 Å². The predicted octanol–water partition coefficient (Wildman–Crippen LogP) is 14.2. The van der Waals surface area contributed by atoms with Gasteiger partial charge >= 0.3 is 0 Å². The topological polar surface area (TPSA) is 37.3 Å². The molecule has 1 aliphatic heterocycles. The van der Waals surface area contributed by atoms with Crippen molar-refractivity contribution in [2.45, 2.75) is 11.5 Å². The van der Waals surface area contributed by atoms with Crippen LogP contribution in [-0.4, -0.2) is 10.8 Å². The fourth-order valence-electron chi connectivity index (χ4n) is 10.7. The Balaban J connectivity index is 0.954. The van der Waals surface area contributed by atoms with E-state index in [1.165, 1.54) is 66.6 Å². The first-order valence-electron chi connectivity index (χ1n) is 21.8. The quantitative estimate of drug-likeness (QED) is 0.176. The third-order valence-electron chi connectivity index (χ3n) is 13.5. The van der Waals surface area contributed by atoms with Crippen LogP contribution in [0.2, 0.25) is 0 Å². The minimum atomic E-state index is -0.414. The van der Waals surface area contributed by atoms with Crippen molar-refractivity contribution in [3.63, 3.8) is 0 Å². The van der Waals surface area contributed by atoms with E-state index in [2.05, 4.69) is 224 Å². The first kappa shape index (κ1) is 35.6. The number of para-hydroxylation sites is 1. The van der Waals surface area contributed by atoms with Crippen LogP contribution in [-0.2, 0) is 5.41 Å². The van der Waals surface area contributed by atoms with Crippen LogP contribution in [0, 0.1) is 0 Å². The van der Waals surface area contributed by atoms with Crippen LogP contribution in [0.15, 0.2) is 229 Å². The van der Waals surface area contributed by atoms with Crippen LogP contribution in [0.1, 0.15) is 45.0 Å². The van der Waals surface area contributed by atoms with E-state index in [0.717, 1.165) is 50.2 Å². The van der Waals surface area contributed by atoms with Gasteiger partial charge in [-0.05, 0) is 96.4 Å². The first-order valence-corrected chi connectivity index (χ1v) is 21.8. The van der Waals surface area contributed by atoms with Crippen LogP contribution in [0.25, 0.3) is 72.0 Å². The molecule has 0 radical (unpaired) electrons. The van der Waals surface area contributed by atoms with Crippen molar-refractivity contribution >= 4 is 33.2 Å². The molecular formula is C60H39N3. The Bertz CT molecular complexity index is 3470. The summed E-state index contributed by atoms with van der Waals surface area (Å²) in [5.41, 5.74) is 19.8. The molecule has 1 unspecified atom stereocenters. The van der Waals surface area contributed by atoms with Gasteiger partial charge in [-0.3, -0.25) is 0 Å². The number of rotatable bonds is 5. The second-order valence-electron chi connectivity index (χ2n) is 16.9. The summed E-state index contributed by atoms with van der Waals surface area (Å²) in [4.78, 5) is 10.7. The number of nitrogens with zero attached hydrogens (tertiary/aromatic N) is 2. The third kappa shape index (κ3) is 5.39. The van der Waals surface area contributed by atoms with Crippen LogP contribution >= 0.6 is 0 Å². The van der Waals surface area contributed by atoms with Crippen LogP contribution < -0.4 is 5.32 Å². The molecule has 2 aliphatic carbocycles. The molecule has 0 amide bonds. The van der Waals surface area contributed by atoms with Crippen molar-refractivity contribution in [2.24, 2.45) is 4.99 Å². The average Bonchev–Trinajstić information content (AvgIpc) is 3.83. The van der Waals surface area contributed by atoms with Gasteiger partial charge in [0.2, 0.25) is 0 Å². The molecule has 0 fully saturated rings. The van der Waals surface area contributed by atoms with Crippen molar-refractivity contribution in [3.8, 4) is 44.6 Å². The number of fused-ring (bicyclic) bond motifs is 13. The minimum Gasteiger partial charge on any atom is -0.359 e. The zero-order chi connectivity index (χ0) is 41.5. The van der Waals surface area contributed by atoms with Gasteiger partial charge in [-0.25, -0.2) is 9.98 Å². The van der Waals surface area contributed by atoms with E-state index in [9.17, 15) is 0 Å². The molecule has 3 heteroatoms. The maximum absolute atomic E-state index is 5.44. The molecule has 0 saturated carbocycles. The molecule has 1 aromatic heterocycles. The van der Waals surface area contributed by atoms with Crippen LogP contribution in [0.4, 0.5) is 0 Å². The fraction of sp³-hybridized carbons (Fsp3) is 0.0333. The molecule has 13 rings (SSSR count). The van der Waals surface area contributed by atoms with Gasteiger partial charge in [-0.1, -0.05) is 200 Å². The van der Waals surface area contributed by atoms with Crippen molar-refractivity contribution in [2.75, 3.05) is 0 Å². The van der Waals surface area contributed by atoms with Gasteiger partial charge in [-0.15, -0.1) is 0 Å². The summed E-state index contributed by atoms with van der Waals surface area (Å²) in [5, 5.41) is 7.26. The summed E-state index contributed by atoms with van der Waals surface area (Å²) in [7, 11) is 0. The Labute approximate surface area is 366 Å². The molecule has 9 aromatic carbocycles. The molecule has 294 valence electrons. The molecule has 1 atom stereocenters. The van der Waals surface area contributed by atoms with E-state index in [-0.39, 0.29) is 6.04 Å². The van der Waals surface area contributed by atoms with E-state index in [4.69, 9.17) is 9.98 Å². The second kappa shape index (κ2) is 14.0. The SMILES string of the molecule is C1=C(c2ccc(-c3nc4ccccc4c4cc5c(cc34)-c3ccccc3C53c4ccccc4-c4ccccc43)cc2)N=C(c2ccccc2)NC1c1ccc(-c2ccccc2)cc1. The number of hydrogen-bond donors (Lipinski definition) is 1. The van der Waals surface area contributed by atoms with Crippen molar-refractivity contribution < 1.29 is 0 Å². The monoisotopic (exact) mass is 801 g/mol. The largest absolute Gasteiger partial charge is 0.359 e. The number of nitrogens with one attached hydrogen (secondary N) is 1. The highest BCUT2D eigenvalue weighted by molar-refractivity contribution is 6.14. The maximum atomic E-state index is 5.44. The van der Waals surface area contributed by atoms with Gasteiger partial charge in [-0.2, -0.15) is 0 Å².